The van der Waals surface area contributed by atoms with Gasteiger partial charge in [-0.05, 0) is 0 Å². The molecule has 1 N–H and O–H groups in total. The van der Waals surface area contributed by atoms with Gasteiger partial charge in [-0.3, -0.25) is 0 Å². The van der Waals surface area contributed by atoms with Crippen LogP contribution in [-0.2, 0) is 0 Å². The molecule has 2 rings (SSSR count). The summed E-state index contributed by atoms with van der Waals surface area (Å²) in [5.41, 5.74) is 2.98. The first-order valence-electron chi connectivity index (χ1n) is 5.75. The Morgan fingerprint density at radius 3 is 2.33 bits per heavy atom. The van der Waals surface area contributed by atoms with Crippen molar-refractivity contribution >= 4 is 25.1 Å². The van der Waals surface area contributed by atoms with Gasteiger partial charge in [-0.1, -0.05) is 0 Å². The zero-order chi connectivity index (χ0) is 12.8. The van der Waals surface area contributed by atoms with Crippen LogP contribution in [0.3, 0.4) is 0 Å². The van der Waals surface area contributed by atoms with E-state index >= 15 is 0 Å². The standard InChI is InChI=1S/C15H15NOSe/c1-12-7-9-13(10-8-12)15(16-17)11-18-14-5-3-2-4-6-14/h2-10,17H,11H2,1H3/b16-15+. The number of nitrogens with zero attached hydrogens (tertiary/aromatic N) is 1. The molecule has 0 fully saturated rings. The van der Waals surface area contributed by atoms with Crippen molar-refractivity contribution in [1.82, 2.24) is 0 Å². The molecule has 0 unspecified atom stereocenters. The number of benzene rings is 2. The van der Waals surface area contributed by atoms with Crippen LogP contribution >= 0.6 is 0 Å². The van der Waals surface area contributed by atoms with Gasteiger partial charge in [0, 0.05) is 0 Å². The average Bonchev–Trinajstić information content (AvgIpc) is 2.42. The van der Waals surface area contributed by atoms with Crippen molar-refractivity contribution in [2.75, 3.05) is 0 Å². The maximum absolute atomic E-state index is 9.12. The molecule has 0 radical (unpaired) electrons. The summed E-state index contributed by atoms with van der Waals surface area (Å²) in [5, 5.41) is 13.4. The van der Waals surface area contributed by atoms with E-state index in [2.05, 4.69) is 17.3 Å². The van der Waals surface area contributed by atoms with Crippen molar-refractivity contribution in [3.63, 3.8) is 0 Å². The molecule has 0 aliphatic carbocycles. The predicted octanol–water partition coefficient (Wildman–Crippen LogP) is 2.62. The molecule has 2 nitrogen and oxygen atoms in total. The Balaban J connectivity index is 2.05. The van der Waals surface area contributed by atoms with Crippen LogP contribution in [0.15, 0.2) is 59.8 Å². The summed E-state index contributed by atoms with van der Waals surface area (Å²) in [4.78, 5) is 0. The van der Waals surface area contributed by atoms with Crippen LogP contribution < -0.4 is 4.46 Å². The second-order valence-corrected chi connectivity index (χ2v) is 6.21. The minimum atomic E-state index is 0.299. The fraction of sp³-hybridized carbons (Fsp3) is 0.133. The van der Waals surface area contributed by atoms with E-state index in [0.717, 1.165) is 16.6 Å². The number of aryl methyl sites for hydroxylation is 1. The minimum absolute atomic E-state index is 0.299. The third kappa shape index (κ3) is 3.46. The Bertz CT molecular complexity index is 520. The van der Waals surface area contributed by atoms with Gasteiger partial charge in [0.2, 0.25) is 0 Å². The van der Waals surface area contributed by atoms with E-state index in [9.17, 15) is 0 Å². The second kappa shape index (κ2) is 6.39. The number of hydrogen-bond acceptors (Lipinski definition) is 2. The SMILES string of the molecule is Cc1ccc(/C(C[Se]c2ccccc2)=N/O)cc1. The molecule has 0 saturated heterocycles. The Kier molecular flexibility index (Phi) is 4.57. The molecule has 0 bridgehead atoms. The van der Waals surface area contributed by atoms with Gasteiger partial charge < -0.3 is 0 Å². The molecule has 2 aromatic carbocycles. The first kappa shape index (κ1) is 12.9. The van der Waals surface area contributed by atoms with Gasteiger partial charge >= 0.3 is 113 Å². The summed E-state index contributed by atoms with van der Waals surface area (Å²) >= 11 is 0.299. The maximum atomic E-state index is 9.12. The number of oxime groups is 1. The van der Waals surface area contributed by atoms with Gasteiger partial charge in [0.05, 0.1) is 0 Å². The molecule has 3 heteroatoms. The van der Waals surface area contributed by atoms with E-state index in [0.29, 0.717) is 15.0 Å². The van der Waals surface area contributed by atoms with Gasteiger partial charge in [0.15, 0.2) is 0 Å². The first-order valence-corrected chi connectivity index (χ1v) is 7.82. The Morgan fingerprint density at radius 1 is 1.06 bits per heavy atom. The zero-order valence-electron chi connectivity index (χ0n) is 10.2. The monoisotopic (exact) mass is 305 g/mol. The van der Waals surface area contributed by atoms with Crippen LogP contribution in [0.25, 0.3) is 0 Å². The number of rotatable bonds is 4. The van der Waals surface area contributed by atoms with Crippen molar-refractivity contribution < 1.29 is 5.21 Å². The molecule has 2 aromatic rings. The molecule has 0 aliphatic rings. The normalized spacial score (nSPS) is 11.5. The molecule has 0 heterocycles. The van der Waals surface area contributed by atoms with E-state index in [-0.39, 0.29) is 0 Å². The first-order chi connectivity index (χ1) is 8.79. The summed E-state index contributed by atoms with van der Waals surface area (Å²) in [7, 11) is 0. The molecule has 18 heavy (non-hydrogen) atoms. The number of hydrogen-bond donors (Lipinski definition) is 1. The summed E-state index contributed by atoms with van der Waals surface area (Å²) in [5.74, 6) is 0. The van der Waals surface area contributed by atoms with Crippen molar-refractivity contribution in [2.45, 2.75) is 12.2 Å². The summed E-state index contributed by atoms with van der Waals surface area (Å²) in [6.07, 6.45) is 0. The topological polar surface area (TPSA) is 32.6 Å². The molecule has 0 atom stereocenters. The fourth-order valence-corrected chi connectivity index (χ4v) is 3.43. The van der Waals surface area contributed by atoms with Gasteiger partial charge in [-0.2, -0.15) is 0 Å². The van der Waals surface area contributed by atoms with Crippen LogP contribution in [-0.4, -0.2) is 25.9 Å². The molecule has 0 aliphatic heterocycles. The van der Waals surface area contributed by atoms with E-state index in [4.69, 9.17) is 5.21 Å². The van der Waals surface area contributed by atoms with E-state index in [1.807, 2.05) is 49.4 Å². The fourth-order valence-electron chi connectivity index (χ4n) is 1.58. The van der Waals surface area contributed by atoms with Gasteiger partial charge in [0.1, 0.15) is 0 Å². The molecule has 0 aromatic heterocycles. The van der Waals surface area contributed by atoms with Gasteiger partial charge in [-0.25, -0.2) is 0 Å². The summed E-state index contributed by atoms with van der Waals surface area (Å²) < 4.78 is 1.32. The second-order valence-electron chi connectivity index (χ2n) is 4.01. The van der Waals surface area contributed by atoms with E-state index in [1.54, 1.807) is 0 Å². The molecular weight excluding hydrogens is 289 g/mol. The third-order valence-electron chi connectivity index (χ3n) is 2.62. The molecule has 0 saturated carbocycles. The van der Waals surface area contributed by atoms with Crippen molar-refractivity contribution in [1.29, 1.82) is 0 Å². The van der Waals surface area contributed by atoms with Crippen molar-refractivity contribution in [2.24, 2.45) is 5.16 Å². The van der Waals surface area contributed by atoms with Crippen LogP contribution in [0.4, 0.5) is 0 Å². The van der Waals surface area contributed by atoms with Crippen LogP contribution in [0.5, 0.6) is 0 Å². The van der Waals surface area contributed by atoms with Crippen LogP contribution in [0.1, 0.15) is 11.1 Å². The molecule has 0 amide bonds. The molecular formula is C15H15NOSe. The Labute approximate surface area is 114 Å². The average molecular weight is 304 g/mol. The predicted molar refractivity (Wildman–Crippen MR) is 76.1 cm³/mol. The van der Waals surface area contributed by atoms with Gasteiger partial charge in [-0.15, -0.1) is 0 Å². The van der Waals surface area contributed by atoms with Gasteiger partial charge in [0.25, 0.3) is 0 Å². The van der Waals surface area contributed by atoms with Crippen LogP contribution in [0, 0.1) is 6.92 Å². The zero-order valence-corrected chi connectivity index (χ0v) is 11.9. The third-order valence-corrected chi connectivity index (χ3v) is 4.77. The van der Waals surface area contributed by atoms with Crippen molar-refractivity contribution in [3.05, 3.63) is 65.7 Å². The van der Waals surface area contributed by atoms with Crippen molar-refractivity contribution in [3.8, 4) is 0 Å². The molecule has 0 spiro atoms. The summed E-state index contributed by atoms with van der Waals surface area (Å²) in [6, 6.07) is 18.4. The summed E-state index contributed by atoms with van der Waals surface area (Å²) in [6.45, 7) is 2.05. The van der Waals surface area contributed by atoms with E-state index < -0.39 is 0 Å². The Morgan fingerprint density at radius 2 is 1.72 bits per heavy atom. The Hall–Kier alpha value is -1.57. The quantitative estimate of drug-likeness (QED) is 0.400. The molecule has 92 valence electrons. The van der Waals surface area contributed by atoms with Crippen LogP contribution in [0.2, 0.25) is 5.32 Å². The van der Waals surface area contributed by atoms with E-state index in [1.165, 1.54) is 10.0 Å².